The van der Waals surface area contributed by atoms with E-state index in [1.807, 2.05) is 24.3 Å². The first-order valence-corrected chi connectivity index (χ1v) is 10.5. The quantitative estimate of drug-likeness (QED) is 0.639. The number of hydrogen-bond acceptors (Lipinski definition) is 6. The molecule has 0 spiro atoms. The van der Waals surface area contributed by atoms with E-state index < -0.39 is 0 Å². The number of rotatable bonds is 6. The molecule has 3 heterocycles. The van der Waals surface area contributed by atoms with Crippen LogP contribution in [0.2, 0.25) is 0 Å². The van der Waals surface area contributed by atoms with Crippen LogP contribution in [0.15, 0.2) is 42.7 Å². The second kappa shape index (κ2) is 9.17. The number of nitrogens with one attached hydrogen (secondary N) is 1. The van der Waals surface area contributed by atoms with Gasteiger partial charge in [-0.05, 0) is 31.9 Å². The van der Waals surface area contributed by atoms with Crippen LogP contribution in [-0.2, 0) is 13.6 Å². The van der Waals surface area contributed by atoms with Crippen LogP contribution in [0.4, 0.5) is 0 Å². The largest absolute Gasteiger partial charge is 0.496 e. The van der Waals surface area contributed by atoms with E-state index in [2.05, 4.69) is 20.4 Å². The summed E-state index contributed by atoms with van der Waals surface area (Å²) in [6.45, 7) is 2.75. The summed E-state index contributed by atoms with van der Waals surface area (Å²) in [5.41, 5.74) is 2.40. The van der Waals surface area contributed by atoms with Crippen LogP contribution in [0.1, 0.15) is 56.8 Å². The smallest absolute Gasteiger partial charge is 0.272 e. The predicted molar refractivity (Wildman–Crippen MR) is 117 cm³/mol. The lowest BCUT2D eigenvalue weighted by atomic mass is 10.1. The van der Waals surface area contributed by atoms with Crippen LogP contribution < -0.4 is 10.1 Å². The van der Waals surface area contributed by atoms with E-state index in [1.54, 1.807) is 49.1 Å². The number of amides is 2. The van der Waals surface area contributed by atoms with E-state index >= 15 is 0 Å². The highest BCUT2D eigenvalue weighted by atomic mass is 16.5. The molecule has 0 radical (unpaired) electrons. The van der Waals surface area contributed by atoms with Gasteiger partial charge in [-0.3, -0.25) is 14.3 Å². The molecule has 2 amide bonds. The van der Waals surface area contributed by atoms with Crippen LogP contribution in [0.25, 0.3) is 0 Å². The minimum atomic E-state index is -0.255. The number of benzene rings is 1. The molecule has 0 bridgehead atoms. The highest BCUT2D eigenvalue weighted by molar-refractivity contribution is 5.95. The van der Waals surface area contributed by atoms with Crippen LogP contribution in [0, 0.1) is 6.92 Å². The zero-order valence-electron chi connectivity index (χ0n) is 18.4. The second-order valence-corrected chi connectivity index (χ2v) is 7.72. The number of nitrogens with zero attached hydrogens (tertiary/aromatic N) is 5. The normalized spacial score (nSPS) is 15.6. The molecule has 1 atom stereocenters. The van der Waals surface area contributed by atoms with Crippen molar-refractivity contribution in [3.63, 3.8) is 0 Å². The Bertz CT molecular complexity index is 1140. The summed E-state index contributed by atoms with van der Waals surface area (Å²) in [5.74, 6) is 0.925. The molecule has 4 rings (SSSR count). The summed E-state index contributed by atoms with van der Waals surface area (Å²) >= 11 is 0. The van der Waals surface area contributed by atoms with Gasteiger partial charge in [-0.15, -0.1) is 0 Å². The number of aryl methyl sites for hydroxylation is 2. The number of para-hydroxylation sites is 1. The molecule has 2 aromatic heterocycles. The van der Waals surface area contributed by atoms with E-state index in [0.29, 0.717) is 35.9 Å². The minimum absolute atomic E-state index is 0.0904. The third-order valence-corrected chi connectivity index (χ3v) is 5.73. The summed E-state index contributed by atoms with van der Waals surface area (Å²) in [7, 11) is 3.35. The van der Waals surface area contributed by atoms with Gasteiger partial charge >= 0.3 is 0 Å². The highest BCUT2D eigenvalue weighted by Crippen LogP contribution is 2.31. The maximum absolute atomic E-state index is 13.0. The molecule has 0 aliphatic carbocycles. The zero-order chi connectivity index (χ0) is 22.7. The van der Waals surface area contributed by atoms with E-state index in [1.165, 1.54) is 0 Å². The molecule has 1 aliphatic heterocycles. The Balaban J connectivity index is 1.48. The summed E-state index contributed by atoms with van der Waals surface area (Å²) < 4.78 is 6.90. The number of carbonyl (C=O) groups excluding carboxylic acids is 2. The van der Waals surface area contributed by atoms with Crippen molar-refractivity contribution in [3.8, 4) is 5.75 Å². The topological polar surface area (TPSA) is 102 Å². The van der Waals surface area contributed by atoms with Gasteiger partial charge in [0.1, 0.15) is 11.4 Å². The van der Waals surface area contributed by atoms with Gasteiger partial charge in [0.25, 0.3) is 11.8 Å². The van der Waals surface area contributed by atoms with Gasteiger partial charge in [0.05, 0.1) is 24.4 Å². The van der Waals surface area contributed by atoms with Crippen molar-refractivity contribution in [3.05, 3.63) is 71.1 Å². The number of ether oxygens (including phenoxy) is 1. The average Bonchev–Trinajstić information content (AvgIpc) is 3.46. The van der Waals surface area contributed by atoms with Gasteiger partial charge in [-0.2, -0.15) is 5.10 Å². The molecular formula is C23H26N6O3. The Morgan fingerprint density at radius 2 is 2.06 bits per heavy atom. The van der Waals surface area contributed by atoms with E-state index in [4.69, 9.17) is 4.74 Å². The number of carbonyl (C=O) groups is 2. The Morgan fingerprint density at radius 1 is 1.25 bits per heavy atom. The SMILES string of the molecule is COc1ccccc1CNC(=O)c1cnc(C2CCCN2C(=O)c2ccnn2C)nc1C. The minimum Gasteiger partial charge on any atom is -0.496 e. The lowest BCUT2D eigenvalue weighted by Crippen LogP contribution is -2.33. The molecule has 9 nitrogen and oxygen atoms in total. The van der Waals surface area contributed by atoms with Crippen molar-refractivity contribution in [2.45, 2.75) is 32.4 Å². The first-order valence-electron chi connectivity index (χ1n) is 10.5. The van der Waals surface area contributed by atoms with Gasteiger partial charge in [-0.25, -0.2) is 9.97 Å². The molecule has 3 aromatic rings. The van der Waals surface area contributed by atoms with Crippen molar-refractivity contribution in [1.29, 1.82) is 0 Å². The van der Waals surface area contributed by atoms with E-state index in [-0.39, 0.29) is 17.9 Å². The fourth-order valence-electron chi connectivity index (χ4n) is 4.00. The highest BCUT2D eigenvalue weighted by Gasteiger charge is 2.34. The number of methoxy groups -OCH3 is 1. The summed E-state index contributed by atoms with van der Waals surface area (Å²) in [6.07, 6.45) is 4.80. The van der Waals surface area contributed by atoms with E-state index in [0.717, 1.165) is 24.2 Å². The second-order valence-electron chi connectivity index (χ2n) is 7.72. The van der Waals surface area contributed by atoms with Crippen molar-refractivity contribution in [1.82, 2.24) is 30.0 Å². The maximum atomic E-state index is 13.0. The van der Waals surface area contributed by atoms with Crippen LogP contribution >= 0.6 is 0 Å². The number of likely N-dealkylation sites (tertiary alicyclic amines) is 1. The molecule has 166 valence electrons. The van der Waals surface area contributed by atoms with Gasteiger partial charge in [0.15, 0.2) is 5.82 Å². The first-order chi connectivity index (χ1) is 15.5. The Hall–Kier alpha value is -3.75. The van der Waals surface area contributed by atoms with Crippen molar-refractivity contribution in [2.24, 2.45) is 7.05 Å². The van der Waals surface area contributed by atoms with Crippen molar-refractivity contribution < 1.29 is 14.3 Å². The molecule has 1 aliphatic rings. The third kappa shape index (κ3) is 4.18. The molecule has 32 heavy (non-hydrogen) atoms. The number of hydrogen-bond donors (Lipinski definition) is 1. The monoisotopic (exact) mass is 434 g/mol. The molecule has 0 saturated carbocycles. The summed E-state index contributed by atoms with van der Waals surface area (Å²) in [4.78, 5) is 36.5. The standard InChI is InChI=1S/C23H26N6O3/c1-15-17(22(30)25-13-16-7-4-5-9-20(16)32-3)14-24-21(27-15)18-8-6-12-29(18)23(31)19-10-11-26-28(19)2/h4-5,7,9-11,14,18H,6,8,12-13H2,1-3H3,(H,25,30). The fraction of sp³-hybridized carbons (Fsp3) is 0.348. The Labute approximate surface area is 186 Å². The molecule has 9 heteroatoms. The van der Waals surface area contributed by atoms with Gasteiger partial charge < -0.3 is 15.0 Å². The molecule has 1 fully saturated rings. The molecule has 1 unspecified atom stereocenters. The average molecular weight is 435 g/mol. The zero-order valence-corrected chi connectivity index (χ0v) is 18.4. The van der Waals surface area contributed by atoms with Gasteiger partial charge in [0, 0.05) is 38.1 Å². The lowest BCUT2D eigenvalue weighted by Gasteiger charge is -2.24. The van der Waals surface area contributed by atoms with Crippen LogP contribution in [0.3, 0.4) is 0 Å². The predicted octanol–water partition coefficient (Wildman–Crippen LogP) is 2.43. The summed E-state index contributed by atoms with van der Waals surface area (Å²) in [5, 5.41) is 6.99. The van der Waals surface area contributed by atoms with Crippen molar-refractivity contribution >= 4 is 11.8 Å². The van der Waals surface area contributed by atoms with Gasteiger partial charge in [-0.1, -0.05) is 18.2 Å². The Morgan fingerprint density at radius 3 is 2.78 bits per heavy atom. The van der Waals surface area contributed by atoms with E-state index in [9.17, 15) is 9.59 Å². The molecule has 1 saturated heterocycles. The van der Waals surface area contributed by atoms with Crippen LogP contribution in [0.5, 0.6) is 5.75 Å². The fourth-order valence-corrected chi connectivity index (χ4v) is 4.00. The Kier molecular flexibility index (Phi) is 6.16. The van der Waals surface area contributed by atoms with Crippen molar-refractivity contribution in [2.75, 3.05) is 13.7 Å². The van der Waals surface area contributed by atoms with Gasteiger partial charge in [0.2, 0.25) is 0 Å². The molecular weight excluding hydrogens is 408 g/mol. The maximum Gasteiger partial charge on any atom is 0.272 e. The number of aromatic nitrogens is 4. The summed E-state index contributed by atoms with van der Waals surface area (Å²) in [6, 6.07) is 9.02. The molecule has 1 N–H and O–H groups in total. The molecule has 1 aromatic carbocycles. The first kappa shape index (κ1) is 21.5. The van der Waals surface area contributed by atoms with Crippen LogP contribution in [-0.4, -0.2) is 50.1 Å². The third-order valence-electron chi connectivity index (χ3n) is 5.73. The lowest BCUT2D eigenvalue weighted by molar-refractivity contribution is 0.0717.